The number of aryl methyl sites for hydroxylation is 1. The minimum atomic E-state index is 0.117. The summed E-state index contributed by atoms with van der Waals surface area (Å²) >= 11 is 0. The van der Waals surface area contributed by atoms with Gasteiger partial charge in [-0.05, 0) is 32.4 Å². The van der Waals surface area contributed by atoms with Crippen molar-refractivity contribution in [3.8, 4) is 0 Å². The van der Waals surface area contributed by atoms with Crippen LogP contribution in [0.4, 0.5) is 11.6 Å². The van der Waals surface area contributed by atoms with Crippen LogP contribution in [0.5, 0.6) is 0 Å². The van der Waals surface area contributed by atoms with Crippen LogP contribution in [0, 0.1) is 13.8 Å². The fourth-order valence-electron chi connectivity index (χ4n) is 1.71. The van der Waals surface area contributed by atoms with Gasteiger partial charge < -0.3 is 11.1 Å². The van der Waals surface area contributed by atoms with Crippen molar-refractivity contribution in [2.24, 2.45) is 0 Å². The fraction of sp³-hybridized carbons (Fsp3) is 0.308. The minimum Gasteiger partial charge on any atom is -0.383 e. The second kappa shape index (κ2) is 5.00. The van der Waals surface area contributed by atoms with Gasteiger partial charge in [0.05, 0.1) is 6.04 Å². The second-order valence-corrected chi connectivity index (χ2v) is 4.28. The molecule has 2 aromatic rings. The Morgan fingerprint density at radius 3 is 2.72 bits per heavy atom. The van der Waals surface area contributed by atoms with Gasteiger partial charge in [-0.15, -0.1) is 0 Å². The first-order valence-corrected chi connectivity index (χ1v) is 5.85. The first-order chi connectivity index (χ1) is 8.58. The van der Waals surface area contributed by atoms with Gasteiger partial charge in [-0.25, -0.2) is 9.97 Å². The zero-order chi connectivity index (χ0) is 13.1. The van der Waals surface area contributed by atoms with Crippen molar-refractivity contribution >= 4 is 11.6 Å². The monoisotopic (exact) mass is 243 g/mol. The van der Waals surface area contributed by atoms with Crippen molar-refractivity contribution < 1.29 is 0 Å². The van der Waals surface area contributed by atoms with Crippen LogP contribution in [-0.2, 0) is 0 Å². The average Bonchev–Trinajstić information content (AvgIpc) is 2.36. The Bertz CT molecular complexity index is 539. The number of hydrogen-bond donors (Lipinski definition) is 2. The molecule has 3 N–H and O–H groups in total. The topological polar surface area (TPSA) is 76.7 Å². The van der Waals surface area contributed by atoms with E-state index in [9.17, 15) is 0 Å². The summed E-state index contributed by atoms with van der Waals surface area (Å²) in [6.07, 6.45) is 3.60. The quantitative estimate of drug-likeness (QED) is 0.864. The third kappa shape index (κ3) is 2.56. The molecule has 0 aliphatic rings. The molecule has 18 heavy (non-hydrogen) atoms. The molecule has 0 saturated carbocycles. The van der Waals surface area contributed by atoms with Gasteiger partial charge in [0, 0.05) is 18.0 Å². The van der Waals surface area contributed by atoms with Crippen LogP contribution in [-0.4, -0.2) is 15.0 Å². The predicted molar refractivity (Wildman–Crippen MR) is 72.2 cm³/mol. The van der Waals surface area contributed by atoms with E-state index in [-0.39, 0.29) is 6.04 Å². The second-order valence-electron chi connectivity index (χ2n) is 4.28. The highest BCUT2D eigenvalue weighted by atomic mass is 15.1. The standard InChI is InChI=1S/C13H17N5/c1-8-12(14)17-10(3)18-13(8)16-9(2)11-5-4-6-15-7-11/h4-7,9H,1-3H3,(H3,14,16,17,18). The third-order valence-corrected chi connectivity index (χ3v) is 2.83. The van der Waals surface area contributed by atoms with Gasteiger partial charge in [0.1, 0.15) is 17.5 Å². The van der Waals surface area contributed by atoms with E-state index >= 15 is 0 Å². The van der Waals surface area contributed by atoms with Gasteiger partial charge in [-0.3, -0.25) is 4.98 Å². The van der Waals surface area contributed by atoms with Crippen molar-refractivity contribution in [2.75, 3.05) is 11.1 Å². The summed E-state index contributed by atoms with van der Waals surface area (Å²) in [7, 11) is 0. The maximum absolute atomic E-state index is 5.83. The molecule has 2 rings (SSSR count). The van der Waals surface area contributed by atoms with E-state index in [0.29, 0.717) is 11.6 Å². The van der Waals surface area contributed by atoms with E-state index in [1.165, 1.54) is 0 Å². The van der Waals surface area contributed by atoms with Gasteiger partial charge in [-0.2, -0.15) is 0 Å². The zero-order valence-electron chi connectivity index (χ0n) is 10.8. The van der Waals surface area contributed by atoms with Gasteiger partial charge in [0.25, 0.3) is 0 Å². The molecule has 0 aromatic carbocycles. The molecule has 0 aliphatic heterocycles. The van der Waals surface area contributed by atoms with Crippen LogP contribution in [0.2, 0.25) is 0 Å². The molecule has 0 fully saturated rings. The van der Waals surface area contributed by atoms with Crippen molar-refractivity contribution in [1.82, 2.24) is 15.0 Å². The number of nitrogens with one attached hydrogen (secondary N) is 1. The van der Waals surface area contributed by atoms with E-state index in [1.807, 2.05) is 32.2 Å². The number of pyridine rings is 1. The van der Waals surface area contributed by atoms with Crippen molar-refractivity contribution in [2.45, 2.75) is 26.8 Å². The molecule has 0 bridgehead atoms. The lowest BCUT2D eigenvalue weighted by molar-refractivity contribution is 0.856. The molecule has 5 nitrogen and oxygen atoms in total. The lowest BCUT2D eigenvalue weighted by atomic mass is 10.1. The number of rotatable bonds is 3. The van der Waals surface area contributed by atoms with Crippen LogP contribution in [0.3, 0.4) is 0 Å². The molecule has 2 aromatic heterocycles. The van der Waals surface area contributed by atoms with Gasteiger partial charge in [0.15, 0.2) is 0 Å². The molecule has 0 saturated heterocycles. The Morgan fingerprint density at radius 2 is 2.06 bits per heavy atom. The predicted octanol–water partition coefficient (Wildman–Crippen LogP) is 2.24. The summed E-state index contributed by atoms with van der Waals surface area (Å²) in [4.78, 5) is 12.6. The first-order valence-electron chi connectivity index (χ1n) is 5.85. The van der Waals surface area contributed by atoms with E-state index in [0.717, 1.165) is 16.9 Å². The van der Waals surface area contributed by atoms with Gasteiger partial charge >= 0.3 is 0 Å². The highest BCUT2D eigenvalue weighted by Crippen LogP contribution is 2.22. The smallest absolute Gasteiger partial charge is 0.135 e. The normalized spacial score (nSPS) is 12.2. The minimum absolute atomic E-state index is 0.117. The summed E-state index contributed by atoms with van der Waals surface area (Å²) in [5.41, 5.74) is 7.81. The van der Waals surface area contributed by atoms with E-state index < -0.39 is 0 Å². The summed E-state index contributed by atoms with van der Waals surface area (Å²) in [5.74, 6) is 1.96. The van der Waals surface area contributed by atoms with E-state index in [1.54, 1.807) is 6.20 Å². The summed E-state index contributed by atoms with van der Waals surface area (Å²) < 4.78 is 0. The molecule has 1 unspecified atom stereocenters. The number of nitrogen functional groups attached to an aromatic ring is 1. The van der Waals surface area contributed by atoms with E-state index in [4.69, 9.17) is 5.73 Å². The van der Waals surface area contributed by atoms with Crippen molar-refractivity contribution in [1.29, 1.82) is 0 Å². The van der Waals surface area contributed by atoms with Crippen LogP contribution in [0.15, 0.2) is 24.5 Å². The Balaban J connectivity index is 2.24. The Hall–Kier alpha value is -2.17. The Kier molecular flexibility index (Phi) is 3.41. The van der Waals surface area contributed by atoms with Gasteiger partial charge in [0.2, 0.25) is 0 Å². The maximum atomic E-state index is 5.83. The number of nitrogens with zero attached hydrogens (tertiary/aromatic N) is 3. The summed E-state index contributed by atoms with van der Waals surface area (Å²) in [6, 6.07) is 4.06. The Morgan fingerprint density at radius 1 is 1.28 bits per heavy atom. The molecule has 0 radical (unpaired) electrons. The molecule has 94 valence electrons. The lowest BCUT2D eigenvalue weighted by Crippen LogP contribution is -2.12. The fourth-order valence-corrected chi connectivity index (χ4v) is 1.71. The summed E-state index contributed by atoms with van der Waals surface area (Å²) in [5, 5.41) is 3.34. The highest BCUT2D eigenvalue weighted by Gasteiger charge is 2.10. The largest absolute Gasteiger partial charge is 0.383 e. The molecule has 0 amide bonds. The maximum Gasteiger partial charge on any atom is 0.135 e. The molecule has 0 spiro atoms. The van der Waals surface area contributed by atoms with E-state index in [2.05, 4.69) is 27.2 Å². The SMILES string of the molecule is Cc1nc(N)c(C)c(NC(C)c2cccnc2)n1. The van der Waals surface area contributed by atoms with Crippen LogP contribution in [0.25, 0.3) is 0 Å². The van der Waals surface area contributed by atoms with Crippen molar-refractivity contribution in [3.05, 3.63) is 41.5 Å². The van der Waals surface area contributed by atoms with Crippen LogP contribution >= 0.6 is 0 Å². The van der Waals surface area contributed by atoms with Gasteiger partial charge in [-0.1, -0.05) is 6.07 Å². The molecular formula is C13H17N5. The first kappa shape index (κ1) is 12.3. The number of anilines is 2. The zero-order valence-corrected chi connectivity index (χ0v) is 10.8. The molecule has 1 atom stereocenters. The van der Waals surface area contributed by atoms with Crippen LogP contribution in [0.1, 0.15) is 29.9 Å². The lowest BCUT2D eigenvalue weighted by Gasteiger charge is -2.17. The number of hydrogen-bond acceptors (Lipinski definition) is 5. The molecule has 5 heteroatoms. The Labute approximate surface area is 106 Å². The van der Waals surface area contributed by atoms with Crippen molar-refractivity contribution in [3.63, 3.8) is 0 Å². The molecule has 2 heterocycles. The third-order valence-electron chi connectivity index (χ3n) is 2.83. The number of nitrogens with two attached hydrogens (primary N) is 1. The van der Waals surface area contributed by atoms with Crippen LogP contribution < -0.4 is 11.1 Å². The highest BCUT2D eigenvalue weighted by molar-refractivity contribution is 5.55. The molecular weight excluding hydrogens is 226 g/mol. The number of aromatic nitrogens is 3. The average molecular weight is 243 g/mol. The summed E-state index contributed by atoms with van der Waals surface area (Å²) in [6.45, 7) is 5.80. The molecule has 0 aliphatic carbocycles.